The number of amides is 1. The van der Waals surface area contributed by atoms with Gasteiger partial charge in [0.1, 0.15) is 0 Å². The van der Waals surface area contributed by atoms with Crippen LogP contribution >= 0.6 is 15.9 Å². The van der Waals surface area contributed by atoms with Crippen LogP contribution in [0.2, 0.25) is 0 Å². The van der Waals surface area contributed by atoms with E-state index in [1.54, 1.807) is 17.0 Å². The second-order valence-corrected chi connectivity index (χ2v) is 9.67. The van der Waals surface area contributed by atoms with Crippen molar-refractivity contribution in [2.75, 3.05) is 32.8 Å². The molecule has 0 atom stereocenters. The molecule has 0 spiro atoms. The van der Waals surface area contributed by atoms with E-state index >= 15 is 0 Å². The molecule has 1 saturated heterocycles. The van der Waals surface area contributed by atoms with Gasteiger partial charge in [0.05, 0.1) is 18.1 Å². The molecule has 2 heterocycles. The van der Waals surface area contributed by atoms with Crippen LogP contribution in [0.1, 0.15) is 21.5 Å². The van der Waals surface area contributed by atoms with Gasteiger partial charge in [0.25, 0.3) is 5.91 Å². The van der Waals surface area contributed by atoms with Crippen LogP contribution in [-0.2, 0) is 27.7 Å². The van der Waals surface area contributed by atoms with Crippen LogP contribution in [0, 0.1) is 0 Å². The number of nitrogens with zero attached hydrogens (tertiary/aromatic N) is 2. The number of hydrogen-bond donors (Lipinski definition) is 0. The molecule has 1 amide bonds. The highest BCUT2D eigenvalue weighted by Gasteiger charge is 2.30. The Morgan fingerprint density at radius 1 is 1.00 bits per heavy atom. The highest BCUT2D eigenvalue weighted by atomic mass is 79.9. The molecule has 0 aliphatic carbocycles. The maximum absolute atomic E-state index is 13.1. The van der Waals surface area contributed by atoms with E-state index < -0.39 is 10.0 Å². The fraction of sp³-hybridized carbons (Fsp3) is 0.350. The number of ether oxygens (including phenoxy) is 1. The molecule has 2 aliphatic rings. The maximum Gasteiger partial charge on any atom is 0.254 e. The normalized spacial score (nSPS) is 18.0. The van der Waals surface area contributed by atoms with Gasteiger partial charge in [0, 0.05) is 36.2 Å². The fourth-order valence-corrected chi connectivity index (χ4v) is 5.97. The first-order valence-electron chi connectivity index (χ1n) is 9.20. The summed E-state index contributed by atoms with van der Waals surface area (Å²) in [5, 5.41) is 0. The monoisotopic (exact) mass is 464 g/mol. The van der Waals surface area contributed by atoms with Crippen molar-refractivity contribution in [1.29, 1.82) is 0 Å². The molecule has 2 aromatic carbocycles. The minimum absolute atomic E-state index is 0.123. The summed E-state index contributed by atoms with van der Waals surface area (Å²) in [5.74, 6) is -0.152. The van der Waals surface area contributed by atoms with Crippen LogP contribution in [-0.4, -0.2) is 56.4 Å². The van der Waals surface area contributed by atoms with Gasteiger partial charge in [-0.25, -0.2) is 8.42 Å². The molecule has 2 aliphatic heterocycles. The molecule has 2 aromatic rings. The largest absolute Gasteiger partial charge is 0.379 e. The number of rotatable bonds is 3. The van der Waals surface area contributed by atoms with Crippen LogP contribution in [0.4, 0.5) is 0 Å². The summed E-state index contributed by atoms with van der Waals surface area (Å²) in [6.07, 6.45) is 0.803. The Bertz CT molecular complexity index is 1000. The summed E-state index contributed by atoms with van der Waals surface area (Å²) in [4.78, 5) is 15.0. The lowest BCUT2D eigenvalue weighted by Gasteiger charge is -2.29. The Hall–Kier alpha value is -1.74. The quantitative estimate of drug-likeness (QED) is 0.699. The summed E-state index contributed by atoms with van der Waals surface area (Å²) >= 11 is 3.34. The Kier molecular flexibility index (Phi) is 5.55. The van der Waals surface area contributed by atoms with E-state index in [9.17, 15) is 13.2 Å². The smallest absolute Gasteiger partial charge is 0.254 e. The summed E-state index contributed by atoms with van der Waals surface area (Å²) < 4.78 is 33.2. The lowest BCUT2D eigenvalue weighted by molar-refractivity contribution is 0.0727. The average molecular weight is 465 g/mol. The molecule has 28 heavy (non-hydrogen) atoms. The Morgan fingerprint density at radius 3 is 2.46 bits per heavy atom. The van der Waals surface area contributed by atoms with Crippen molar-refractivity contribution in [1.82, 2.24) is 9.21 Å². The number of fused-ring (bicyclic) bond motifs is 1. The topological polar surface area (TPSA) is 66.9 Å². The van der Waals surface area contributed by atoms with Crippen molar-refractivity contribution >= 4 is 31.9 Å². The first kappa shape index (κ1) is 19.6. The third-order valence-corrected chi connectivity index (χ3v) is 8.08. The van der Waals surface area contributed by atoms with E-state index in [-0.39, 0.29) is 10.8 Å². The number of hydrogen-bond acceptors (Lipinski definition) is 4. The Morgan fingerprint density at radius 2 is 1.71 bits per heavy atom. The van der Waals surface area contributed by atoms with Crippen molar-refractivity contribution in [2.45, 2.75) is 17.9 Å². The van der Waals surface area contributed by atoms with Gasteiger partial charge in [-0.2, -0.15) is 4.31 Å². The number of halogens is 1. The van der Waals surface area contributed by atoms with Crippen LogP contribution in [0.25, 0.3) is 0 Å². The van der Waals surface area contributed by atoms with Crippen molar-refractivity contribution in [3.8, 4) is 0 Å². The third kappa shape index (κ3) is 3.74. The second kappa shape index (κ2) is 7.94. The minimum Gasteiger partial charge on any atom is -0.379 e. The predicted octanol–water partition coefficient (Wildman–Crippen LogP) is 2.67. The molecule has 0 aromatic heterocycles. The SMILES string of the molecule is O=C(c1ccc(Br)c(S(=O)(=O)N2CCOCC2)c1)N1CCc2ccccc2C1. The molecular weight excluding hydrogens is 444 g/mol. The first-order valence-corrected chi connectivity index (χ1v) is 11.4. The van der Waals surface area contributed by atoms with E-state index in [4.69, 9.17) is 4.74 Å². The number of benzene rings is 2. The molecule has 8 heteroatoms. The molecule has 0 N–H and O–H groups in total. The number of carbonyl (C=O) groups is 1. The van der Waals surface area contributed by atoms with Crippen molar-refractivity contribution < 1.29 is 17.9 Å². The molecule has 0 saturated carbocycles. The number of morpholine rings is 1. The molecule has 148 valence electrons. The van der Waals surface area contributed by atoms with Crippen LogP contribution in [0.5, 0.6) is 0 Å². The van der Waals surface area contributed by atoms with Gasteiger partial charge in [0.15, 0.2) is 0 Å². The van der Waals surface area contributed by atoms with Crippen LogP contribution in [0.3, 0.4) is 0 Å². The highest BCUT2D eigenvalue weighted by Crippen LogP contribution is 2.28. The minimum atomic E-state index is -3.69. The maximum atomic E-state index is 13.1. The van der Waals surface area contributed by atoms with Crippen molar-refractivity contribution in [3.05, 3.63) is 63.6 Å². The molecule has 6 nitrogen and oxygen atoms in total. The Labute approximate surface area is 173 Å². The van der Waals surface area contributed by atoms with E-state index in [1.807, 2.05) is 18.2 Å². The summed E-state index contributed by atoms with van der Waals surface area (Å²) in [5.41, 5.74) is 2.78. The second-order valence-electron chi connectivity index (χ2n) is 6.91. The molecular formula is C20H21BrN2O4S. The van der Waals surface area contributed by atoms with Crippen molar-refractivity contribution in [3.63, 3.8) is 0 Å². The van der Waals surface area contributed by atoms with E-state index in [2.05, 4.69) is 22.0 Å². The zero-order chi connectivity index (χ0) is 19.7. The lowest BCUT2D eigenvalue weighted by atomic mass is 9.99. The van der Waals surface area contributed by atoms with Crippen molar-refractivity contribution in [2.24, 2.45) is 0 Å². The molecule has 4 rings (SSSR count). The Balaban J connectivity index is 1.61. The molecule has 0 bridgehead atoms. The number of sulfonamides is 1. The van der Waals surface area contributed by atoms with Gasteiger partial charge in [-0.05, 0) is 51.7 Å². The average Bonchev–Trinajstić information content (AvgIpc) is 2.73. The highest BCUT2D eigenvalue weighted by molar-refractivity contribution is 9.10. The molecule has 0 unspecified atom stereocenters. The zero-order valence-corrected chi connectivity index (χ0v) is 17.7. The standard InChI is InChI=1S/C20H21BrN2O4S/c21-18-6-5-16(13-19(18)28(25,26)23-9-11-27-12-10-23)20(24)22-8-7-15-3-1-2-4-17(15)14-22/h1-6,13H,7-12,14H2. The predicted molar refractivity (Wildman–Crippen MR) is 109 cm³/mol. The van der Waals surface area contributed by atoms with Gasteiger partial charge in [0.2, 0.25) is 10.0 Å². The molecule has 1 fully saturated rings. The molecule has 0 radical (unpaired) electrons. The third-order valence-electron chi connectivity index (χ3n) is 5.18. The van der Waals surface area contributed by atoms with E-state index in [1.165, 1.54) is 15.9 Å². The van der Waals surface area contributed by atoms with Gasteiger partial charge < -0.3 is 9.64 Å². The van der Waals surface area contributed by atoms with Gasteiger partial charge in [-0.1, -0.05) is 24.3 Å². The zero-order valence-electron chi connectivity index (χ0n) is 15.3. The number of carbonyl (C=O) groups excluding carboxylic acids is 1. The summed E-state index contributed by atoms with van der Waals surface area (Å²) in [6.45, 7) is 2.55. The van der Waals surface area contributed by atoms with E-state index in [0.29, 0.717) is 49.4 Å². The first-order chi connectivity index (χ1) is 13.5. The van der Waals surface area contributed by atoms with Crippen LogP contribution in [0.15, 0.2) is 51.8 Å². The van der Waals surface area contributed by atoms with Gasteiger partial charge in [-0.15, -0.1) is 0 Å². The fourth-order valence-electron chi connectivity index (χ4n) is 3.61. The summed E-state index contributed by atoms with van der Waals surface area (Å²) in [7, 11) is -3.69. The van der Waals surface area contributed by atoms with E-state index in [0.717, 1.165) is 12.0 Å². The van der Waals surface area contributed by atoms with Gasteiger partial charge >= 0.3 is 0 Å². The lowest BCUT2D eigenvalue weighted by Crippen LogP contribution is -2.41. The van der Waals surface area contributed by atoms with Crippen LogP contribution < -0.4 is 0 Å². The summed E-state index contributed by atoms with van der Waals surface area (Å²) in [6, 6.07) is 12.9. The van der Waals surface area contributed by atoms with Gasteiger partial charge in [-0.3, -0.25) is 4.79 Å².